The van der Waals surface area contributed by atoms with E-state index in [2.05, 4.69) is 24.1 Å². The molecule has 15 heavy (non-hydrogen) atoms. The molecule has 0 aromatic carbocycles. The second-order valence-electron chi connectivity index (χ2n) is 5.47. The van der Waals surface area contributed by atoms with Gasteiger partial charge in [-0.15, -0.1) is 0 Å². The largest absolute Gasteiger partial charge is 0.341 e. The molecule has 3 unspecified atom stereocenters. The minimum Gasteiger partial charge on any atom is -0.341 e. The molecule has 0 spiro atoms. The molecule has 1 heterocycles. The van der Waals surface area contributed by atoms with E-state index in [0.29, 0.717) is 11.8 Å². The first-order valence-corrected chi connectivity index (χ1v) is 6.08. The second kappa shape index (κ2) is 4.12. The Morgan fingerprint density at radius 2 is 2.13 bits per heavy atom. The highest BCUT2D eigenvalue weighted by atomic mass is 16.2. The number of rotatable bonds is 3. The van der Waals surface area contributed by atoms with Crippen LogP contribution in [0.4, 0.5) is 0 Å². The number of likely N-dealkylation sites (N-methyl/N-ethyl adjacent to an activating group) is 1. The summed E-state index contributed by atoms with van der Waals surface area (Å²) in [5.41, 5.74) is 0. The van der Waals surface area contributed by atoms with Crippen molar-refractivity contribution < 1.29 is 4.79 Å². The predicted molar refractivity (Wildman–Crippen MR) is 60.5 cm³/mol. The molecule has 3 nitrogen and oxygen atoms in total. The minimum atomic E-state index is 0.0706. The van der Waals surface area contributed by atoms with Crippen LogP contribution in [0.1, 0.15) is 26.7 Å². The van der Waals surface area contributed by atoms with E-state index in [-0.39, 0.29) is 6.04 Å². The molecule has 86 valence electrons. The van der Waals surface area contributed by atoms with Crippen LogP contribution in [0.3, 0.4) is 0 Å². The van der Waals surface area contributed by atoms with Crippen molar-refractivity contribution in [2.24, 2.45) is 17.8 Å². The first kappa shape index (κ1) is 10.9. The first-order valence-electron chi connectivity index (χ1n) is 6.08. The van der Waals surface area contributed by atoms with E-state index in [1.54, 1.807) is 0 Å². The molecule has 3 atom stereocenters. The fourth-order valence-electron chi connectivity index (χ4n) is 2.67. The number of hydrogen-bond acceptors (Lipinski definition) is 2. The number of carbonyl (C=O) groups is 1. The lowest BCUT2D eigenvalue weighted by atomic mass is 10.1. The van der Waals surface area contributed by atoms with E-state index >= 15 is 0 Å². The third-order valence-electron chi connectivity index (χ3n) is 3.61. The van der Waals surface area contributed by atoms with Crippen LogP contribution in [0, 0.1) is 17.8 Å². The summed E-state index contributed by atoms with van der Waals surface area (Å²) in [6.45, 7) is 6.27. The van der Waals surface area contributed by atoms with Crippen molar-refractivity contribution in [1.82, 2.24) is 10.2 Å². The monoisotopic (exact) mass is 210 g/mol. The van der Waals surface area contributed by atoms with Gasteiger partial charge in [0.25, 0.3) is 0 Å². The maximum Gasteiger partial charge on any atom is 0.239 e. The van der Waals surface area contributed by atoms with Gasteiger partial charge >= 0.3 is 0 Å². The van der Waals surface area contributed by atoms with Gasteiger partial charge in [0, 0.05) is 13.1 Å². The molecule has 2 rings (SSSR count). The molecule has 1 saturated carbocycles. The molecule has 0 aromatic rings. The highest BCUT2D eigenvalue weighted by molar-refractivity contribution is 5.82. The quantitative estimate of drug-likeness (QED) is 0.756. The summed E-state index contributed by atoms with van der Waals surface area (Å²) in [6.07, 6.45) is 2.38. The third-order valence-corrected chi connectivity index (χ3v) is 3.61. The molecule has 3 heteroatoms. The van der Waals surface area contributed by atoms with Crippen molar-refractivity contribution in [1.29, 1.82) is 0 Å². The second-order valence-corrected chi connectivity index (χ2v) is 5.47. The zero-order valence-electron chi connectivity index (χ0n) is 9.99. The SMILES string of the molecule is CNC1CC2CC2CN(CC(C)C)C1=O. The van der Waals surface area contributed by atoms with Crippen LogP contribution in [0.2, 0.25) is 0 Å². The standard InChI is InChI=1S/C12H22N2O/c1-8(2)6-14-7-10-4-9(10)5-11(13-3)12(14)15/h8-11,13H,4-7H2,1-3H3. The zero-order valence-corrected chi connectivity index (χ0v) is 9.99. The van der Waals surface area contributed by atoms with Gasteiger partial charge in [0.05, 0.1) is 6.04 Å². The Labute approximate surface area is 92.2 Å². The van der Waals surface area contributed by atoms with Crippen LogP contribution in [-0.2, 0) is 4.79 Å². The number of fused-ring (bicyclic) bond motifs is 1. The van der Waals surface area contributed by atoms with Gasteiger partial charge in [-0.1, -0.05) is 13.8 Å². The highest BCUT2D eigenvalue weighted by Gasteiger charge is 2.45. The molecule has 2 fully saturated rings. The fraction of sp³-hybridized carbons (Fsp3) is 0.917. The number of carbonyl (C=O) groups excluding carboxylic acids is 1. The molecule has 1 aliphatic carbocycles. The summed E-state index contributed by atoms with van der Waals surface area (Å²) in [5, 5.41) is 3.16. The lowest BCUT2D eigenvalue weighted by molar-refractivity contribution is -0.133. The van der Waals surface area contributed by atoms with Crippen molar-refractivity contribution in [3.63, 3.8) is 0 Å². The van der Waals surface area contributed by atoms with E-state index in [1.807, 2.05) is 7.05 Å². The summed E-state index contributed by atoms with van der Waals surface area (Å²) >= 11 is 0. The van der Waals surface area contributed by atoms with Crippen LogP contribution < -0.4 is 5.32 Å². The van der Waals surface area contributed by atoms with Crippen LogP contribution in [0.15, 0.2) is 0 Å². The number of amides is 1. The summed E-state index contributed by atoms with van der Waals surface area (Å²) < 4.78 is 0. The minimum absolute atomic E-state index is 0.0706. The molecule has 1 amide bonds. The molecule has 1 N–H and O–H groups in total. The molecule has 0 radical (unpaired) electrons. The normalized spacial score (nSPS) is 35.3. The van der Waals surface area contributed by atoms with Crippen LogP contribution in [0.5, 0.6) is 0 Å². The average Bonchev–Trinajstić information content (AvgIpc) is 2.89. The van der Waals surface area contributed by atoms with Crippen molar-refractivity contribution in [3.8, 4) is 0 Å². The van der Waals surface area contributed by atoms with Gasteiger partial charge in [-0.2, -0.15) is 0 Å². The van der Waals surface area contributed by atoms with Gasteiger partial charge in [-0.05, 0) is 37.6 Å². The van der Waals surface area contributed by atoms with E-state index in [0.717, 1.165) is 31.3 Å². The summed E-state index contributed by atoms with van der Waals surface area (Å²) in [4.78, 5) is 14.2. The van der Waals surface area contributed by atoms with Crippen molar-refractivity contribution in [2.45, 2.75) is 32.7 Å². The lowest BCUT2D eigenvalue weighted by Crippen LogP contribution is -2.46. The van der Waals surface area contributed by atoms with E-state index in [1.165, 1.54) is 6.42 Å². The first-order chi connectivity index (χ1) is 7.11. The topological polar surface area (TPSA) is 32.3 Å². The zero-order chi connectivity index (χ0) is 11.0. The Morgan fingerprint density at radius 3 is 2.73 bits per heavy atom. The number of nitrogens with one attached hydrogen (secondary N) is 1. The molecule has 0 bridgehead atoms. The van der Waals surface area contributed by atoms with Crippen LogP contribution in [-0.4, -0.2) is 37.0 Å². The molecule has 2 aliphatic rings. The predicted octanol–water partition coefficient (Wildman–Crippen LogP) is 1.10. The van der Waals surface area contributed by atoms with Gasteiger partial charge in [-0.3, -0.25) is 4.79 Å². The third kappa shape index (κ3) is 2.33. The Kier molecular flexibility index (Phi) is 3.01. The summed E-state index contributed by atoms with van der Waals surface area (Å²) in [6, 6.07) is 0.0706. The van der Waals surface area contributed by atoms with Crippen molar-refractivity contribution >= 4 is 5.91 Å². The maximum atomic E-state index is 12.1. The summed E-state index contributed by atoms with van der Waals surface area (Å²) in [5.74, 6) is 2.50. The van der Waals surface area contributed by atoms with Gasteiger partial charge in [0.15, 0.2) is 0 Å². The smallest absolute Gasteiger partial charge is 0.239 e. The lowest BCUT2D eigenvalue weighted by Gasteiger charge is -2.26. The number of nitrogens with zero attached hydrogens (tertiary/aromatic N) is 1. The van der Waals surface area contributed by atoms with Gasteiger partial charge in [-0.25, -0.2) is 0 Å². The maximum absolute atomic E-state index is 12.1. The summed E-state index contributed by atoms with van der Waals surface area (Å²) in [7, 11) is 1.90. The van der Waals surface area contributed by atoms with Gasteiger partial charge in [0.1, 0.15) is 0 Å². The number of likely N-dealkylation sites (tertiary alicyclic amines) is 1. The van der Waals surface area contributed by atoms with Crippen molar-refractivity contribution in [3.05, 3.63) is 0 Å². The Hall–Kier alpha value is -0.570. The van der Waals surface area contributed by atoms with Crippen LogP contribution >= 0.6 is 0 Å². The molecule has 1 aliphatic heterocycles. The van der Waals surface area contributed by atoms with E-state index in [9.17, 15) is 4.79 Å². The van der Waals surface area contributed by atoms with Crippen LogP contribution in [0.25, 0.3) is 0 Å². The molecular formula is C12H22N2O. The molecular weight excluding hydrogens is 188 g/mol. The Bertz CT molecular complexity index is 252. The Balaban J connectivity index is 2.04. The molecule has 1 saturated heterocycles. The highest BCUT2D eigenvalue weighted by Crippen LogP contribution is 2.44. The van der Waals surface area contributed by atoms with Gasteiger partial charge < -0.3 is 10.2 Å². The van der Waals surface area contributed by atoms with E-state index in [4.69, 9.17) is 0 Å². The average molecular weight is 210 g/mol. The van der Waals surface area contributed by atoms with Gasteiger partial charge in [0.2, 0.25) is 5.91 Å². The Morgan fingerprint density at radius 1 is 1.40 bits per heavy atom. The van der Waals surface area contributed by atoms with E-state index < -0.39 is 0 Å². The van der Waals surface area contributed by atoms with Crippen molar-refractivity contribution in [2.75, 3.05) is 20.1 Å². The number of hydrogen-bond donors (Lipinski definition) is 1. The fourth-order valence-corrected chi connectivity index (χ4v) is 2.67. The molecule has 0 aromatic heterocycles.